The molecule has 0 spiro atoms. The van der Waals surface area contributed by atoms with Crippen LogP contribution in [-0.2, 0) is 9.53 Å². The summed E-state index contributed by atoms with van der Waals surface area (Å²) in [6, 6.07) is 9.33. The van der Waals surface area contributed by atoms with E-state index in [-0.39, 0.29) is 17.6 Å². The van der Waals surface area contributed by atoms with Gasteiger partial charge in [-0.25, -0.2) is 0 Å². The second kappa shape index (κ2) is 5.65. The monoisotopic (exact) mass is 258 g/mol. The standard InChI is InChI=1S/C10H11BrO3/c1-8(12)13-7-10(11)14-9-5-3-2-4-6-9/h2-6,10H,7H2,1H3. The van der Waals surface area contributed by atoms with Crippen LogP contribution in [0.1, 0.15) is 6.92 Å². The Balaban J connectivity index is 2.34. The second-order valence-corrected chi connectivity index (χ2v) is 3.66. The molecule has 3 nitrogen and oxygen atoms in total. The molecular weight excluding hydrogens is 248 g/mol. The first-order chi connectivity index (χ1) is 6.68. The van der Waals surface area contributed by atoms with Gasteiger partial charge in [0.15, 0.2) is 5.01 Å². The lowest BCUT2D eigenvalue weighted by molar-refractivity contribution is -0.142. The number of rotatable bonds is 4. The zero-order valence-electron chi connectivity index (χ0n) is 7.77. The van der Waals surface area contributed by atoms with Crippen LogP contribution in [0.3, 0.4) is 0 Å². The van der Waals surface area contributed by atoms with Crippen LogP contribution in [-0.4, -0.2) is 17.6 Å². The summed E-state index contributed by atoms with van der Waals surface area (Å²) in [6.45, 7) is 1.56. The maximum atomic E-state index is 10.5. The first-order valence-corrected chi connectivity index (χ1v) is 5.09. The van der Waals surface area contributed by atoms with Crippen molar-refractivity contribution in [2.75, 3.05) is 6.61 Å². The van der Waals surface area contributed by atoms with E-state index in [0.717, 1.165) is 5.75 Å². The summed E-state index contributed by atoms with van der Waals surface area (Å²) in [5, 5.41) is -0.311. The maximum Gasteiger partial charge on any atom is 0.302 e. The zero-order chi connectivity index (χ0) is 10.4. The van der Waals surface area contributed by atoms with Gasteiger partial charge < -0.3 is 9.47 Å². The number of hydrogen-bond donors (Lipinski definition) is 0. The highest BCUT2D eigenvalue weighted by atomic mass is 79.9. The van der Waals surface area contributed by atoms with Gasteiger partial charge in [-0.1, -0.05) is 18.2 Å². The third kappa shape index (κ3) is 4.28. The van der Waals surface area contributed by atoms with Crippen molar-refractivity contribution in [1.29, 1.82) is 0 Å². The normalized spacial score (nSPS) is 11.9. The highest BCUT2D eigenvalue weighted by molar-refractivity contribution is 9.09. The Morgan fingerprint density at radius 1 is 1.43 bits per heavy atom. The van der Waals surface area contributed by atoms with Crippen LogP contribution >= 0.6 is 15.9 Å². The molecule has 0 amide bonds. The quantitative estimate of drug-likeness (QED) is 0.615. The Hall–Kier alpha value is -1.03. The van der Waals surface area contributed by atoms with Crippen LogP contribution in [0.4, 0.5) is 0 Å². The number of para-hydroxylation sites is 1. The van der Waals surface area contributed by atoms with Gasteiger partial charge in [0, 0.05) is 6.92 Å². The summed E-state index contributed by atoms with van der Waals surface area (Å²) in [4.78, 5) is 10.5. The average molecular weight is 259 g/mol. The van der Waals surface area contributed by atoms with E-state index in [9.17, 15) is 4.79 Å². The van der Waals surface area contributed by atoms with E-state index in [1.807, 2.05) is 30.3 Å². The first-order valence-electron chi connectivity index (χ1n) is 4.17. The highest BCUT2D eigenvalue weighted by Gasteiger charge is 2.06. The zero-order valence-corrected chi connectivity index (χ0v) is 9.36. The van der Waals surface area contributed by atoms with Gasteiger partial charge >= 0.3 is 5.97 Å². The van der Waals surface area contributed by atoms with Gasteiger partial charge in [-0.2, -0.15) is 0 Å². The third-order valence-corrected chi connectivity index (χ3v) is 1.88. The van der Waals surface area contributed by atoms with Crippen LogP contribution in [0.2, 0.25) is 0 Å². The number of hydrogen-bond acceptors (Lipinski definition) is 3. The van der Waals surface area contributed by atoms with Crippen molar-refractivity contribution >= 4 is 21.9 Å². The molecule has 1 atom stereocenters. The minimum Gasteiger partial charge on any atom is -0.476 e. The molecule has 1 aromatic carbocycles. The Bertz CT molecular complexity index is 287. The fourth-order valence-electron chi connectivity index (χ4n) is 0.864. The molecule has 0 radical (unpaired) electrons. The van der Waals surface area contributed by atoms with Crippen molar-refractivity contribution in [3.8, 4) is 5.75 Å². The van der Waals surface area contributed by atoms with Crippen LogP contribution < -0.4 is 4.74 Å². The summed E-state index contributed by atoms with van der Waals surface area (Å²) in [5.74, 6) is 0.424. The van der Waals surface area contributed by atoms with Gasteiger partial charge in [-0.15, -0.1) is 0 Å². The number of alkyl halides is 1. The molecule has 0 aliphatic carbocycles. The molecule has 1 unspecified atom stereocenters. The Morgan fingerprint density at radius 3 is 2.64 bits per heavy atom. The number of halogens is 1. The minimum absolute atomic E-state index is 0.199. The lowest BCUT2D eigenvalue weighted by atomic mass is 10.3. The molecule has 4 heteroatoms. The Labute approximate surface area is 91.1 Å². The van der Waals surface area contributed by atoms with E-state index in [1.165, 1.54) is 6.92 Å². The summed E-state index contributed by atoms with van der Waals surface area (Å²) in [6.07, 6.45) is 0. The fourth-order valence-corrected chi connectivity index (χ4v) is 1.21. The van der Waals surface area contributed by atoms with Gasteiger partial charge in [-0.3, -0.25) is 4.79 Å². The minimum atomic E-state index is -0.314. The van der Waals surface area contributed by atoms with Gasteiger partial charge in [0.05, 0.1) is 0 Å². The summed E-state index contributed by atoms with van der Waals surface area (Å²) in [5.41, 5.74) is 0. The topological polar surface area (TPSA) is 35.5 Å². The van der Waals surface area contributed by atoms with Crippen LogP contribution in [0.15, 0.2) is 30.3 Å². The number of carbonyl (C=O) groups is 1. The third-order valence-electron chi connectivity index (χ3n) is 1.42. The lowest BCUT2D eigenvalue weighted by Gasteiger charge is -2.12. The molecule has 0 N–H and O–H groups in total. The second-order valence-electron chi connectivity index (χ2n) is 2.64. The highest BCUT2D eigenvalue weighted by Crippen LogP contribution is 2.13. The van der Waals surface area contributed by atoms with E-state index in [1.54, 1.807) is 0 Å². The number of esters is 1. The van der Waals surface area contributed by atoms with E-state index in [0.29, 0.717) is 0 Å². The van der Waals surface area contributed by atoms with Crippen molar-refractivity contribution in [1.82, 2.24) is 0 Å². The van der Waals surface area contributed by atoms with E-state index >= 15 is 0 Å². The van der Waals surface area contributed by atoms with E-state index in [2.05, 4.69) is 15.9 Å². The Kier molecular flexibility index (Phi) is 4.46. The van der Waals surface area contributed by atoms with Crippen LogP contribution in [0.5, 0.6) is 5.75 Å². The molecule has 0 fully saturated rings. The van der Waals surface area contributed by atoms with E-state index in [4.69, 9.17) is 9.47 Å². The number of benzene rings is 1. The lowest BCUT2D eigenvalue weighted by Crippen LogP contribution is -2.17. The van der Waals surface area contributed by atoms with Crippen molar-refractivity contribution in [3.05, 3.63) is 30.3 Å². The smallest absolute Gasteiger partial charge is 0.302 e. The molecule has 0 heterocycles. The molecule has 1 aromatic rings. The van der Waals surface area contributed by atoms with E-state index < -0.39 is 0 Å². The predicted octanol–water partition coefficient (Wildman–Crippen LogP) is 2.35. The molecule has 0 aromatic heterocycles. The SMILES string of the molecule is CC(=O)OCC(Br)Oc1ccccc1. The van der Waals surface area contributed by atoms with Gasteiger partial charge in [0.1, 0.15) is 12.4 Å². The molecule has 0 saturated heterocycles. The molecule has 76 valence electrons. The number of carbonyl (C=O) groups excluding carboxylic acids is 1. The molecular formula is C10H11BrO3. The predicted molar refractivity (Wildman–Crippen MR) is 56.4 cm³/mol. The number of ether oxygens (including phenoxy) is 2. The maximum absolute atomic E-state index is 10.5. The molecule has 1 rings (SSSR count). The fraction of sp³-hybridized carbons (Fsp3) is 0.300. The Morgan fingerprint density at radius 2 is 2.07 bits per heavy atom. The van der Waals surface area contributed by atoms with Crippen LogP contribution in [0, 0.1) is 0 Å². The van der Waals surface area contributed by atoms with Crippen molar-refractivity contribution in [3.63, 3.8) is 0 Å². The van der Waals surface area contributed by atoms with Gasteiger partial charge in [0.25, 0.3) is 0 Å². The summed E-state index contributed by atoms with van der Waals surface area (Å²) < 4.78 is 10.2. The molecule has 0 saturated carbocycles. The van der Waals surface area contributed by atoms with Crippen molar-refractivity contribution in [2.45, 2.75) is 11.9 Å². The van der Waals surface area contributed by atoms with Gasteiger partial charge in [0.2, 0.25) is 0 Å². The summed E-state index contributed by atoms with van der Waals surface area (Å²) >= 11 is 3.24. The molecule has 0 bridgehead atoms. The first kappa shape index (κ1) is 11.0. The molecule has 0 aliphatic heterocycles. The average Bonchev–Trinajstić information content (AvgIpc) is 2.16. The van der Waals surface area contributed by atoms with Crippen molar-refractivity contribution < 1.29 is 14.3 Å². The van der Waals surface area contributed by atoms with Crippen LogP contribution in [0.25, 0.3) is 0 Å². The summed E-state index contributed by atoms with van der Waals surface area (Å²) in [7, 11) is 0. The molecule has 14 heavy (non-hydrogen) atoms. The largest absolute Gasteiger partial charge is 0.476 e. The molecule has 0 aliphatic rings. The van der Waals surface area contributed by atoms with Crippen molar-refractivity contribution in [2.24, 2.45) is 0 Å². The van der Waals surface area contributed by atoms with Gasteiger partial charge in [-0.05, 0) is 28.1 Å².